The van der Waals surface area contributed by atoms with Crippen molar-refractivity contribution in [2.45, 2.75) is 57.3 Å². The SMILES string of the molecule is C=CCn1c(COc2ccccc2Cl)nnc1SCC(=O)Nc1sc2c(c1C(=O)OCC)CCCCC2. The highest BCUT2D eigenvalue weighted by molar-refractivity contribution is 7.99. The minimum Gasteiger partial charge on any atom is -0.484 e. The average Bonchev–Trinajstić information content (AvgIpc) is 3.34. The quantitative estimate of drug-likeness (QED) is 0.134. The molecular formula is C26H29ClN4O4S2. The fourth-order valence-corrected chi connectivity index (χ4v) is 6.34. The van der Waals surface area contributed by atoms with Crippen LogP contribution in [-0.2, 0) is 35.5 Å². The number of aryl methyl sites for hydroxylation is 1. The van der Waals surface area contributed by atoms with E-state index in [4.69, 9.17) is 21.1 Å². The number of nitrogens with zero attached hydrogens (tertiary/aromatic N) is 3. The van der Waals surface area contributed by atoms with Crippen molar-refractivity contribution >= 4 is 51.6 Å². The average molecular weight is 561 g/mol. The lowest BCUT2D eigenvalue weighted by Crippen LogP contribution is -2.17. The molecule has 3 aromatic rings. The van der Waals surface area contributed by atoms with Crippen LogP contribution in [0.3, 0.4) is 0 Å². The summed E-state index contributed by atoms with van der Waals surface area (Å²) >= 11 is 8.92. The van der Waals surface area contributed by atoms with Gasteiger partial charge in [0.2, 0.25) is 5.91 Å². The van der Waals surface area contributed by atoms with Gasteiger partial charge in [0.1, 0.15) is 17.4 Å². The van der Waals surface area contributed by atoms with E-state index in [1.165, 1.54) is 23.1 Å². The van der Waals surface area contributed by atoms with E-state index in [9.17, 15) is 9.59 Å². The normalized spacial score (nSPS) is 12.9. The van der Waals surface area contributed by atoms with Crippen molar-refractivity contribution < 1.29 is 19.1 Å². The molecule has 37 heavy (non-hydrogen) atoms. The van der Waals surface area contributed by atoms with E-state index in [2.05, 4.69) is 22.1 Å². The maximum absolute atomic E-state index is 12.9. The number of hydrogen-bond acceptors (Lipinski definition) is 8. The molecule has 1 N–H and O–H groups in total. The number of benzene rings is 1. The van der Waals surface area contributed by atoms with Crippen LogP contribution < -0.4 is 10.1 Å². The lowest BCUT2D eigenvalue weighted by atomic mass is 10.1. The van der Waals surface area contributed by atoms with Gasteiger partial charge in [0.05, 0.1) is 22.9 Å². The van der Waals surface area contributed by atoms with Gasteiger partial charge >= 0.3 is 5.97 Å². The second kappa shape index (κ2) is 13.1. The predicted octanol–water partition coefficient (Wildman–Crippen LogP) is 5.93. The number of fused-ring (bicyclic) bond motifs is 1. The molecule has 2 heterocycles. The Labute approximate surface area is 229 Å². The van der Waals surface area contributed by atoms with Gasteiger partial charge in [-0.15, -0.1) is 28.1 Å². The number of amides is 1. The number of anilines is 1. The minimum atomic E-state index is -0.376. The van der Waals surface area contributed by atoms with Gasteiger partial charge in [-0.1, -0.05) is 48.0 Å². The van der Waals surface area contributed by atoms with E-state index in [1.54, 1.807) is 25.1 Å². The Kier molecular flexibility index (Phi) is 9.65. The monoisotopic (exact) mass is 560 g/mol. The minimum absolute atomic E-state index is 0.103. The Morgan fingerprint density at radius 3 is 2.84 bits per heavy atom. The molecule has 0 atom stereocenters. The summed E-state index contributed by atoms with van der Waals surface area (Å²) in [5.74, 6) is 0.644. The molecule has 0 fully saturated rings. The van der Waals surface area contributed by atoms with Crippen molar-refractivity contribution in [2.75, 3.05) is 17.7 Å². The van der Waals surface area contributed by atoms with Crippen molar-refractivity contribution in [1.82, 2.24) is 14.8 Å². The molecule has 11 heteroatoms. The zero-order chi connectivity index (χ0) is 26.2. The predicted molar refractivity (Wildman–Crippen MR) is 147 cm³/mol. The van der Waals surface area contributed by atoms with Gasteiger partial charge in [0, 0.05) is 11.4 Å². The van der Waals surface area contributed by atoms with Gasteiger partial charge in [-0.3, -0.25) is 9.36 Å². The third-order valence-corrected chi connectivity index (χ3v) is 8.27. The molecule has 4 rings (SSSR count). The molecule has 0 unspecified atom stereocenters. The number of halogens is 1. The number of thioether (sulfide) groups is 1. The van der Waals surface area contributed by atoms with Crippen LogP contribution in [-0.4, -0.2) is 39.0 Å². The number of allylic oxidation sites excluding steroid dienone is 1. The highest BCUT2D eigenvalue weighted by Crippen LogP contribution is 2.38. The summed E-state index contributed by atoms with van der Waals surface area (Å²) in [4.78, 5) is 26.8. The number of rotatable bonds is 11. The Bertz CT molecular complexity index is 1270. The molecule has 1 aliphatic rings. The van der Waals surface area contributed by atoms with Crippen LogP contribution in [0.15, 0.2) is 42.1 Å². The number of nitrogens with one attached hydrogen (secondary N) is 1. The Balaban J connectivity index is 1.44. The number of carbonyl (C=O) groups excluding carboxylic acids is 2. The van der Waals surface area contributed by atoms with Crippen molar-refractivity contribution in [2.24, 2.45) is 0 Å². The molecule has 2 aromatic heterocycles. The number of carbonyl (C=O) groups is 2. The molecular weight excluding hydrogens is 532 g/mol. The van der Waals surface area contributed by atoms with Crippen molar-refractivity contribution in [3.63, 3.8) is 0 Å². The maximum Gasteiger partial charge on any atom is 0.341 e. The molecule has 0 saturated heterocycles. The number of thiophene rings is 1. The van der Waals surface area contributed by atoms with Gasteiger partial charge < -0.3 is 14.8 Å². The molecule has 0 bridgehead atoms. The smallest absolute Gasteiger partial charge is 0.341 e. The summed E-state index contributed by atoms with van der Waals surface area (Å²) in [6.07, 6.45) is 6.73. The Morgan fingerprint density at radius 2 is 2.05 bits per heavy atom. The van der Waals surface area contributed by atoms with Crippen LogP contribution in [0.1, 0.15) is 52.8 Å². The highest BCUT2D eigenvalue weighted by atomic mass is 35.5. The summed E-state index contributed by atoms with van der Waals surface area (Å²) in [5, 5.41) is 13.1. The van der Waals surface area contributed by atoms with Gasteiger partial charge in [-0.25, -0.2) is 4.79 Å². The second-order valence-corrected chi connectivity index (χ2v) is 10.8. The van der Waals surface area contributed by atoms with Crippen LogP contribution in [0, 0.1) is 0 Å². The summed E-state index contributed by atoms with van der Waals surface area (Å²) in [6, 6.07) is 7.21. The number of esters is 1. The fourth-order valence-electron chi connectivity index (χ4n) is 4.09. The first-order valence-corrected chi connectivity index (χ1v) is 14.3. The lowest BCUT2D eigenvalue weighted by molar-refractivity contribution is -0.113. The van der Waals surface area contributed by atoms with Crippen LogP contribution in [0.4, 0.5) is 5.00 Å². The third-order valence-electron chi connectivity index (χ3n) is 5.78. The second-order valence-electron chi connectivity index (χ2n) is 8.34. The molecule has 0 radical (unpaired) electrons. The van der Waals surface area contributed by atoms with Crippen LogP contribution >= 0.6 is 34.7 Å². The van der Waals surface area contributed by atoms with E-state index in [0.717, 1.165) is 42.5 Å². The number of aromatic nitrogens is 3. The molecule has 1 amide bonds. The first kappa shape index (κ1) is 27.2. The van der Waals surface area contributed by atoms with Crippen LogP contribution in [0.5, 0.6) is 5.75 Å². The summed E-state index contributed by atoms with van der Waals surface area (Å²) < 4.78 is 13.0. The van der Waals surface area contributed by atoms with Crippen molar-refractivity contribution in [1.29, 1.82) is 0 Å². The summed E-state index contributed by atoms with van der Waals surface area (Å²) in [5.41, 5.74) is 1.54. The fraction of sp³-hybridized carbons (Fsp3) is 0.385. The van der Waals surface area contributed by atoms with Gasteiger partial charge in [0.15, 0.2) is 11.0 Å². The van der Waals surface area contributed by atoms with E-state index < -0.39 is 0 Å². The zero-order valence-corrected chi connectivity index (χ0v) is 23.0. The molecule has 0 spiro atoms. The Hall–Kier alpha value is -2.82. The van der Waals surface area contributed by atoms with Crippen molar-refractivity contribution in [3.05, 3.63) is 63.8 Å². The summed E-state index contributed by atoms with van der Waals surface area (Å²) in [7, 11) is 0. The van der Waals surface area contributed by atoms with E-state index in [0.29, 0.717) is 38.9 Å². The first-order chi connectivity index (χ1) is 18.0. The third kappa shape index (κ3) is 6.74. The standard InChI is InChI=1S/C26H29ClN4O4S2/c1-3-14-31-21(15-35-19-12-9-8-11-18(19)27)29-30-26(31)36-16-22(32)28-24-23(25(33)34-4-2)17-10-6-5-7-13-20(17)37-24/h3,8-9,11-12H,1,4-7,10,13-16H2,2H3,(H,28,32). The van der Waals surface area contributed by atoms with Crippen molar-refractivity contribution in [3.8, 4) is 5.75 Å². The van der Waals surface area contributed by atoms with Gasteiger partial charge in [-0.2, -0.15) is 0 Å². The maximum atomic E-state index is 12.9. The first-order valence-electron chi connectivity index (χ1n) is 12.2. The molecule has 0 saturated carbocycles. The largest absolute Gasteiger partial charge is 0.484 e. The Morgan fingerprint density at radius 1 is 1.24 bits per heavy atom. The van der Waals surface area contributed by atoms with E-state index in [-0.39, 0.29) is 30.8 Å². The van der Waals surface area contributed by atoms with E-state index >= 15 is 0 Å². The molecule has 1 aliphatic carbocycles. The zero-order valence-electron chi connectivity index (χ0n) is 20.6. The van der Waals surface area contributed by atoms with Crippen LogP contribution in [0.25, 0.3) is 0 Å². The van der Waals surface area contributed by atoms with Crippen LogP contribution in [0.2, 0.25) is 5.02 Å². The highest BCUT2D eigenvalue weighted by Gasteiger charge is 2.27. The number of ether oxygens (including phenoxy) is 2. The summed E-state index contributed by atoms with van der Waals surface area (Å²) in [6.45, 7) is 6.51. The van der Waals surface area contributed by atoms with E-state index in [1.807, 2.05) is 16.7 Å². The molecule has 196 valence electrons. The molecule has 1 aromatic carbocycles. The van der Waals surface area contributed by atoms with Gasteiger partial charge in [0.25, 0.3) is 0 Å². The lowest BCUT2D eigenvalue weighted by Gasteiger charge is -2.10. The van der Waals surface area contributed by atoms with Gasteiger partial charge in [-0.05, 0) is 50.3 Å². The molecule has 0 aliphatic heterocycles. The number of hydrogen-bond donors (Lipinski definition) is 1. The number of para-hydroxylation sites is 1. The molecule has 8 nitrogen and oxygen atoms in total. The topological polar surface area (TPSA) is 95.3 Å².